The van der Waals surface area contributed by atoms with Crippen molar-refractivity contribution in [1.29, 1.82) is 0 Å². The van der Waals surface area contributed by atoms with Crippen molar-refractivity contribution >= 4 is 17.7 Å². The third kappa shape index (κ3) is 3.00. The topological polar surface area (TPSA) is 72.9 Å². The van der Waals surface area contributed by atoms with Crippen LogP contribution in [-0.2, 0) is 30.4 Å². The number of halogens is 1. The van der Waals surface area contributed by atoms with E-state index < -0.39 is 23.4 Å². The SMILES string of the molecule is COC(=O)C[C@]1(C(=O)OC)C(=O)C[C@H]2CC[C@H]1N2Cc1ccc(F)cc1. The van der Waals surface area contributed by atoms with Gasteiger partial charge >= 0.3 is 11.9 Å². The summed E-state index contributed by atoms with van der Waals surface area (Å²) in [5.41, 5.74) is -0.663. The molecule has 2 fully saturated rings. The van der Waals surface area contributed by atoms with Crippen LogP contribution >= 0.6 is 0 Å². The molecule has 0 N–H and O–H groups in total. The van der Waals surface area contributed by atoms with Gasteiger partial charge in [-0.3, -0.25) is 19.3 Å². The van der Waals surface area contributed by atoms with Gasteiger partial charge in [-0.2, -0.15) is 0 Å². The number of nitrogens with zero attached hydrogens (tertiary/aromatic N) is 1. The molecule has 0 amide bonds. The highest BCUT2D eigenvalue weighted by Crippen LogP contribution is 2.48. The van der Waals surface area contributed by atoms with Gasteiger partial charge in [0.1, 0.15) is 5.82 Å². The Morgan fingerprint density at radius 2 is 1.88 bits per heavy atom. The summed E-state index contributed by atoms with van der Waals surface area (Å²) in [5, 5.41) is 0. The van der Waals surface area contributed by atoms with Crippen molar-refractivity contribution in [3.8, 4) is 0 Å². The molecule has 0 aliphatic carbocycles. The summed E-state index contributed by atoms with van der Waals surface area (Å²) in [6.45, 7) is 0.475. The number of esters is 2. The molecule has 0 spiro atoms. The Morgan fingerprint density at radius 1 is 1.19 bits per heavy atom. The van der Waals surface area contributed by atoms with Crippen LogP contribution in [0.25, 0.3) is 0 Å². The first-order valence-electron chi connectivity index (χ1n) is 8.61. The molecule has 2 aliphatic rings. The summed E-state index contributed by atoms with van der Waals surface area (Å²) in [6, 6.07) is 5.71. The number of methoxy groups -OCH3 is 2. The molecule has 0 radical (unpaired) electrons. The summed E-state index contributed by atoms with van der Waals surface area (Å²) in [7, 11) is 2.45. The minimum atomic E-state index is -1.55. The van der Waals surface area contributed by atoms with Gasteiger partial charge in [0, 0.05) is 25.0 Å². The van der Waals surface area contributed by atoms with Gasteiger partial charge in [0.05, 0.1) is 20.6 Å². The molecule has 26 heavy (non-hydrogen) atoms. The number of ketones is 1. The third-order valence-electron chi connectivity index (χ3n) is 5.61. The second-order valence-electron chi connectivity index (χ2n) is 6.89. The van der Waals surface area contributed by atoms with Crippen molar-refractivity contribution < 1.29 is 28.2 Å². The summed E-state index contributed by atoms with van der Waals surface area (Å²) in [4.78, 5) is 39.6. The smallest absolute Gasteiger partial charge is 0.321 e. The number of hydrogen-bond acceptors (Lipinski definition) is 6. The van der Waals surface area contributed by atoms with E-state index in [1.807, 2.05) is 0 Å². The predicted molar refractivity (Wildman–Crippen MR) is 89.5 cm³/mol. The molecule has 7 heteroatoms. The maximum Gasteiger partial charge on any atom is 0.321 e. The zero-order valence-corrected chi connectivity index (χ0v) is 14.9. The van der Waals surface area contributed by atoms with Gasteiger partial charge in [-0.15, -0.1) is 0 Å². The average Bonchev–Trinajstić information content (AvgIpc) is 2.95. The number of ether oxygens (including phenoxy) is 2. The molecule has 2 saturated heterocycles. The number of piperidine rings is 1. The predicted octanol–water partition coefficient (Wildman–Crippen LogP) is 1.85. The summed E-state index contributed by atoms with van der Waals surface area (Å²) >= 11 is 0. The van der Waals surface area contributed by atoms with Gasteiger partial charge in [-0.25, -0.2) is 4.39 Å². The zero-order valence-electron chi connectivity index (χ0n) is 14.9. The highest BCUT2D eigenvalue weighted by Gasteiger charge is 2.62. The van der Waals surface area contributed by atoms with E-state index in [1.54, 1.807) is 12.1 Å². The van der Waals surface area contributed by atoms with Crippen molar-refractivity contribution in [2.24, 2.45) is 5.41 Å². The summed E-state index contributed by atoms with van der Waals surface area (Å²) < 4.78 is 22.8. The molecule has 3 rings (SSSR count). The quantitative estimate of drug-likeness (QED) is 0.587. The molecule has 140 valence electrons. The Bertz CT molecular complexity index is 719. The fourth-order valence-electron chi connectivity index (χ4n) is 4.33. The van der Waals surface area contributed by atoms with Gasteiger partial charge in [0.15, 0.2) is 11.2 Å². The Hall–Kier alpha value is -2.28. The molecule has 3 atom stereocenters. The lowest BCUT2D eigenvalue weighted by Gasteiger charge is -2.45. The average molecular weight is 363 g/mol. The third-order valence-corrected chi connectivity index (χ3v) is 5.61. The summed E-state index contributed by atoms with van der Waals surface area (Å²) in [6.07, 6.45) is 1.23. The van der Waals surface area contributed by atoms with Crippen molar-refractivity contribution in [2.75, 3.05) is 14.2 Å². The molecule has 0 aromatic heterocycles. The second kappa shape index (κ2) is 7.15. The molecular weight excluding hydrogens is 341 g/mol. The number of hydrogen-bond donors (Lipinski definition) is 0. The number of carbonyl (C=O) groups is 3. The van der Waals surface area contributed by atoms with Gasteiger partial charge in [-0.05, 0) is 30.5 Å². The van der Waals surface area contributed by atoms with Crippen LogP contribution in [0, 0.1) is 11.2 Å². The molecule has 0 saturated carbocycles. The van der Waals surface area contributed by atoms with Crippen LogP contribution in [0.2, 0.25) is 0 Å². The van der Waals surface area contributed by atoms with Crippen LogP contribution in [-0.4, -0.2) is 48.9 Å². The van der Waals surface area contributed by atoms with Crippen molar-refractivity contribution in [3.63, 3.8) is 0 Å². The zero-order chi connectivity index (χ0) is 18.9. The van der Waals surface area contributed by atoms with E-state index in [1.165, 1.54) is 26.4 Å². The first kappa shape index (κ1) is 18.5. The van der Waals surface area contributed by atoms with Gasteiger partial charge in [-0.1, -0.05) is 12.1 Å². The molecule has 2 heterocycles. The maximum atomic E-state index is 13.2. The van der Waals surface area contributed by atoms with Gasteiger partial charge < -0.3 is 9.47 Å². The number of rotatable bonds is 5. The van der Waals surface area contributed by atoms with Crippen LogP contribution in [0.1, 0.15) is 31.2 Å². The highest BCUT2D eigenvalue weighted by atomic mass is 19.1. The Balaban J connectivity index is 1.96. The van der Waals surface area contributed by atoms with Crippen LogP contribution in [0.15, 0.2) is 24.3 Å². The van der Waals surface area contributed by atoms with Crippen molar-refractivity contribution in [1.82, 2.24) is 4.90 Å². The maximum absolute atomic E-state index is 13.2. The minimum absolute atomic E-state index is 0.00739. The Kier molecular flexibility index (Phi) is 5.09. The fourth-order valence-corrected chi connectivity index (χ4v) is 4.33. The molecule has 1 aromatic rings. The molecule has 0 unspecified atom stereocenters. The van der Waals surface area contributed by atoms with Crippen molar-refractivity contribution in [2.45, 2.75) is 44.3 Å². The van der Waals surface area contributed by atoms with E-state index in [4.69, 9.17) is 9.47 Å². The minimum Gasteiger partial charge on any atom is -0.469 e. The summed E-state index contributed by atoms with van der Waals surface area (Å²) in [5.74, 6) is -1.89. The molecule has 1 aromatic carbocycles. The molecule has 2 aliphatic heterocycles. The van der Waals surface area contributed by atoms with E-state index in [0.29, 0.717) is 13.0 Å². The fraction of sp³-hybridized carbons (Fsp3) is 0.526. The molecule has 6 nitrogen and oxygen atoms in total. The highest BCUT2D eigenvalue weighted by molar-refractivity contribution is 6.08. The van der Waals surface area contributed by atoms with Crippen LogP contribution in [0.5, 0.6) is 0 Å². The Morgan fingerprint density at radius 3 is 2.50 bits per heavy atom. The van der Waals surface area contributed by atoms with Crippen LogP contribution in [0.3, 0.4) is 0 Å². The lowest BCUT2D eigenvalue weighted by molar-refractivity contribution is -0.172. The number of fused-ring (bicyclic) bond motifs is 2. The first-order valence-corrected chi connectivity index (χ1v) is 8.61. The van der Waals surface area contributed by atoms with Crippen LogP contribution in [0.4, 0.5) is 4.39 Å². The normalized spacial score (nSPS) is 28.0. The van der Waals surface area contributed by atoms with Gasteiger partial charge in [0.25, 0.3) is 0 Å². The lowest BCUT2D eigenvalue weighted by Crippen LogP contribution is -2.60. The van der Waals surface area contributed by atoms with Crippen LogP contribution < -0.4 is 0 Å². The van der Waals surface area contributed by atoms with E-state index in [2.05, 4.69) is 4.90 Å². The van der Waals surface area contributed by atoms with E-state index in [0.717, 1.165) is 12.0 Å². The van der Waals surface area contributed by atoms with Gasteiger partial charge in [0.2, 0.25) is 0 Å². The largest absolute Gasteiger partial charge is 0.469 e. The molecular formula is C19H22FNO5. The second-order valence-corrected chi connectivity index (χ2v) is 6.89. The molecule has 2 bridgehead atoms. The number of carbonyl (C=O) groups excluding carboxylic acids is 3. The van der Waals surface area contributed by atoms with E-state index in [-0.39, 0.29) is 30.5 Å². The van der Waals surface area contributed by atoms with E-state index >= 15 is 0 Å². The lowest BCUT2D eigenvalue weighted by atomic mass is 9.70. The monoisotopic (exact) mass is 363 g/mol. The standard InChI is InChI=1S/C19H22FNO5/c1-25-17(23)10-19(18(24)26-2)15-8-7-14(9-16(19)22)21(15)11-12-3-5-13(20)6-4-12/h3-6,14-15H,7-11H2,1-2H3/t14-,15-,19-/m1/s1. The number of benzene rings is 1. The first-order chi connectivity index (χ1) is 12.4. The van der Waals surface area contributed by atoms with Crippen molar-refractivity contribution in [3.05, 3.63) is 35.6 Å². The Labute approximate surface area is 151 Å². The van der Waals surface area contributed by atoms with E-state index in [9.17, 15) is 18.8 Å². The number of Topliss-reactive ketones (excluding diaryl/α,β-unsaturated/α-hetero) is 1.